The molecule has 134 valence electrons. The largest absolute Gasteiger partial charge is 0.343 e. The lowest BCUT2D eigenvalue weighted by atomic mass is 10.3. The van der Waals surface area contributed by atoms with E-state index in [0.29, 0.717) is 29.7 Å². The average molecular weight is 380 g/mol. The average Bonchev–Trinajstić information content (AvgIpc) is 3.01. The number of hydrogen-bond acceptors (Lipinski definition) is 7. The van der Waals surface area contributed by atoms with E-state index >= 15 is 0 Å². The van der Waals surface area contributed by atoms with Gasteiger partial charge in [0.15, 0.2) is 4.34 Å². The van der Waals surface area contributed by atoms with Gasteiger partial charge in [-0.1, -0.05) is 29.2 Å². The van der Waals surface area contributed by atoms with Crippen molar-refractivity contribution < 1.29 is 9.59 Å². The Hall–Kier alpha value is -2.13. The summed E-state index contributed by atoms with van der Waals surface area (Å²) in [7, 11) is 0. The first kappa shape index (κ1) is 19.2. The molecule has 0 fully saturated rings. The molecule has 0 bridgehead atoms. The molecular formula is C16H21N5O2S2. The minimum absolute atomic E-state index is 0.0997. The summed E-state index contributed by atoms with van der Waals surface area (Å²) < 4.78 is 0.737. The van der Waals surface area contributed by atoms with Crippen LogP contribution in [-0.4, -0.2) is 45.8 Å². The summed E-state index contributed by atoms with van der Waals surface area (Å²) in [6.45, 7) is 6.82. The summed E-state index contributed by atoms with van der Waals surface area (Å²) in [6, 6.07) is 7.35. The molecule has 1 aromatic heterocycles. The normalized spacial score (nSPS) is 10.4. The minimum Gasteiger partial charge on any atom is -0.343 e. The number of rotatable bonds is 8. The third-order valence-electron chi connectivity index (χ3n) is 3.28. The van der Waals surface area contributed by atoms with Crippen molar-refractivity contribution >= 4 is 51.4 Å². The molecule has 0 saturated carbocycles. The van der Waals surface area contributed by atoms with Gasteiger partial charge in [-0.05, 0) is 32.0 Å². The monoisotopic (exact) mass is 379 g/mol. The first-order valence-electron chi connectivity index (χ1n) is 7.90. The van der Waals surface area contributed by atoms with Gasteiger partial charge >= 0.3 is 0 Å². The molecule has 0 saturated heterocycles. The van der Waals surface area contributed by atoms with Gasteiger partial charge in [-0.15, -0.1) is 10.2 Å². The van der Waals surface area contributed by atoms with E-state index in [1.807, 2.05) is 38.1 Å². The van der Waals surface area contributed by atoms with Crippen molar-refractivity contribution in [1.82, 2.24) is 15.1 Å². The Morgan fingerprint density at radius 3 is 2.60 bits per heavy atom. The summed E-state index contributed by atoms with van der Waals surface area (Å²) >= 11 is 2.78. The van der Waals surface area contributed by atoms with E-state index < -0.39 is 0 Å². The number of carbonyl (C=O) groups excluding carboxylic acids is 2. The van der Waals surface area contributed by atoms with E-state index in [1.165, 1.54) is 30.0 Å². The molecular weight excluding hydrogens is 358 g/mol. The molecule has 2 aromatic rings. The molecule has 2 N–H and O–H groups in total. The summed E-state index contributed by atoms with van der Waals surface area (Å²) in [5, 5.41) is 14.7. The maximum Gasteiger partial charge on any atom is 0.233 e. The molecule has 0 radical (unpaired) electrons. The van der Waals surface area contributed by atoms with Crippen LogP contribution in [0.2, 0.25) is 0 Å². The van der Waals surface area contributed by atoms with Crippen molar-refractivity contribution in [2.75, 3.05) is 29.5 Å². The standard InChI is InChI=1S/C16H21N5O2S2/c1-4-21(5-2)14(23)10-24-16-20-19-15(25-16)18-13-8-6-7-12(9-13)17-11(3)22/h6-9H,4-5,10H2,1-3H3,(H,17,22)(H,18,19). The van der Waals surface area contributed by atoms with Crippen molar-refractivity contribution in [1.29, 1.82) is 0 Å². The van der Waals surface area contributed by atoms with Gasteiger partial charge in [0.25, 0.3) is 0 Å². The molecule has 7 nitrogen and oxygen atoms in total. The molecule has 9 heteroatoms. The van der Waals surface area contributed by atoms with Crippen LogP contribution in [0.1, 0.15) is 20.8 Å². The lowest BCUT2D eigenvalue weighted by Crippen LogP contribution is -2.31. The SMILES string of the molecule is CCN(CC)C(=O)CSc1nnc(Nc2cccc(NC(C)=O)c2)s1. The minimum atomic E-state index is -0.121. The Balaban J connectivity index is 1.93. The van der Waals surface area contributed by atoms with Crippen LogP contribution in [-0.2, 0) is 9.59 Å². The third-order valence-corrected chi connectivity index (χ3v) is 5.23. The molecule has 0 atom stereocenters. The zero-order valence-corrected chi connectivity index (χ0v) is 16.0. The van der Waals surface area contributed by atoms with E-state index in [-0.39, 0.29) is 11.8 Å². The zero-order valence-electron chi connectivity index (χ0n) is 14.4. The highest BCUT2D eigenvalue weighted by atomic mass is 32.2. The number of thioether (sulfide) groups is 1. The highest BCUT2D eigenvalue weighted by Gasteiger charge is 2.12. The van der Waals surface area contributed by atoms with Crippen LogP contribution in [0.3, 0.4) is 0 Å². The Bertz CT molecular complexity index is 731. The molecule has 0 spiro atoms. The number of amides is 2. The molecule has 1 aromatic carbocycles. The van der Waals surface area contributed by atoms with Crippen LogP contribution < -0.4 is 10.6 Å². The predicted octanol–water partition coefficient (Wildman–Crippen LogP) is 3.20. The molecule has 25 heavy (non-hydrogen) atoms. The van der Waals surface area contributed by atoms with Gasteiger partial charge in [0, 0.05) is 31.4 Å². The fourth-order valence-electron chi connectivity index (χ4n) is 2.11. The summed E-state index contributed by atoms with van der Waals surface area (Å²) in [6.07, 6.45) is 0. The predicted molar refractivity (Wildman–Crippen MR) is 103 cm³/mol. The fraction of sp³-hybridized carbons (Fsp3) is 0.375. The molecule has 1 heterocycles. The molecule has 0 aliphatic heterocycles. The van der Waals surface area contributed by atoms with Gasteiger partial charge in [0.1, 0.15) is 0 Å². The van der Waals surface area contributed by atoms with Crippen molar-refractivity contribution in [2.24, 2.45) is 0 Å². The Morgan fingerprint density at radius 2 is 1.92 bits per heavy atom. The lowest BCUT2D eigenvalue weighted by molar-refractivity contribution is -0.128. The van der Waals surface area contributed by atoms with E-state index in [2.05, 4.69) is 20.8 Å². The fourth-order valence-corrected chi connectivity index (χ4v) is 3.79. The van der Waals surface area contributed by atoms with Crippen molar-refractivity contribution in [3.05, 3.63) is 24.3 Å². The number of nitrogens with one attached hydrogen (secondary N) is 2. The first-order chi connectivity index (χ1) is 12.0. The van der Waals surface area contributed by atoms with Gasteiger partial charge in [0.2, 0.25) is 16.9 Å². The van der Waals surface area contributed by atoms with Crippen molar-refractivity contribution in [3.8, 4) is 0 Å². The van der Waals surface area contributed by atoms with Crippen LogP contribution in [0.5, 0.6) is 0 Å². The molecule has 0 unspecified atom stereocenters. The van der Waals surface area contributed by atoms with Crippen molar-refractivity contribution in [2.45, 2.75) is 25.1 Å². The van der Waals surface area contributed by atoms with Gasteiger partial charge in [-0.2, -0.15) is 0 Å². The second-order valence-corrected chi connectivity index (χ2v) is 7.31. The molecule has 2 rings (SSSR count). The Kier molecular flexibility index (Phi) is 7.20. The maximum absolute atomic E-state index is 12.0. The molecule has 0 aliphatic rings. The van der Waals surface area contributed by atoms with E-state index in [1.54, 1.807) is 4.90 Å². The first-order valence-corrected chi connectivity index (χ1v) is 9.70. The van der Waals surface area contributed by atoms with Crippen LogP contribution in [0.4, 0.5) is 16.5 Å². The van der Waals surface area contributed by atoms with Crippen LogP contribution in [0.25, 0.3) is 0 Å². The molecule has 0 aliphatic carbocycles. The van der Waals surface area contributed by atoms with E-state index in [9.17, 15) is 9.59 Å². The van der Waals surface area contributed by atoms with Crippen LogP contribution >= 0.6 is 23.1 Å². The maximum atomic E-state index is 12.0. The van der Waals surface area contributed by atoms with Gasteiger partial charge in [-0.25, -0.2) is 0 Å². The second-order valence-electron chi connectivity index (χ2n) is 5.11. The summed E-state index contributed by atoms with van der Waals surface area (Å²) in [5.41, 5.74) is 1.51. The molecule has 2 amide bonds. The number of hydrogen-bond donors (Lipinski definition) is 2. The topological polar surface area (TPSA) is 87.2 Å². The number of benzene rings is 1. The van der Waals surface area contributed by atoms with Gasteiger partial charge in [0.05, 0.1) is 5.75 Å². The lowest BCUT2D eigenvalue weighted by Gasteiger charge is -2.17. The van der Waals surface area contributed by atoms with E-state index in [4.69, 9.17) is 0 Å². The highest BCUT2D eigenvalue weighted by Crippen LogP contribution is 2.28. The highest BCUT2D eigenvalue weighted by molar-refractivity contribution is 8.01. The number of aromatic nitrogens is 2. The summed E-state index contributed by atoms with van der Waals surface area (Å²) in [5.74, 6) is 0.335. The van der Waals surface area contributed by atoms with Crippen LogP contribution in [0, 0.1) is 0 Å². The van der Waals surface area contributed by atoms with Gasteiger partial charge < -0.3 is 15.5 Å². The Labute approximate surface area is 155 Å². The smallest absolute Gasteiger partial charge is 0.233 e. The zero-order chi connectivity index (χ0) is 18.2. The second kappa shape index (κ2) is 9.38. The van der Waals surface area contributed by atoms with Gasteiger partial charge in [-0.3, -0.25) is 9.59 Å². The third kappa shape index (κ3) is 6.02. The van der Waals surface area contributed by atoms with Crippen LogP contribution in [0.15, 0.2) is 28.6 Å². The van der Waals surface area contributed by atoms with Crippen molar-refractivity contribution in [3.63, 3.8) is 0 Å². The van der Waals surface area contributed by atoms with E-state index in [0.717, 1.165) is 10.0 Å². The number of carbonyl (C=O) groups is 2. The Morgan fingerprint density at radius 1 is 1.20 bits per heavy atom. The number of nitrogens with zero attached hydrogens (tertiary/aromatic N) is 3. The quantitative estimate of drug-likeness (QED) is 0.685. The summed E-state index contributed by atoms with van der Waals surface area (Å²) in [4.78, 5) is 24.9. The number of anilines is 3.